The number of hydrazone groups is 1. The summed E-state index contributed by atoms with van der Waals surface area (Å²) in [4.78, 5) is 27.2. The molecule has 0 aliphatic carbocycles. The molecule has 0 spiro atoms. The smallest absolute Gasteiger partial charge is 0.354 e. The maximum atomic E-state index is 11.8. The molecule has 3 rings (SSSR count). The molecule has 0 fully saturated rings. The Morgan fingerprint density at radius 3 is 3.00 bits per heavy atom. The van der Waals surface area contributed by atoms with Gasteiger partial charge in [-0.25, -0.2) is 15.2 Å². The van der Waals surface area contributed by atoms with Crippen LogP contribution in [0.15, 0.2) is 27.3 Å². The van der Waals surface area contributed by atoms with Gasteiger partial charge in [0.05, 0.1) is 5.69 Å². The van der Waals surface area contributed by atoms with Crippen LogP contribution < -0.4 is 5.43 Å². The van der Waals surface area contributed by atoms with Crippen LogP contribution >= 0.6 is 22.7 Å². The first-order valence-electron chi connectivity index (χ1n) is 6.22. The van der Waals surface area contributed by atoms with Crippen LogP contribution in [0.3, 0.4) is 0 Å². The molecule has 3 heterocycles. The van der Waals surface area contributed by atoms with E-state index in [9.17, 15) is 9.59 Å². The molecule has 0 aromatic carbocycles. The topological polar surface area (TPSA) is 80.7 Å². The standard InChI is InChI=1S/C13H11N3O3S2/c17-11-2-1-10(15-16-11)13(18)19-5-9-7-21-12(14-9)8-3-4-20-6-8/h3-4,6-7H,1-2,5H2,(H,16,17). The summed E-state index contributed by atoms with van der Waals surface area (Å²) in [6.45, 7) is 0.104. The first-order chi connectivity index (χ1) is 10.2. The van der Waals surface area contributed by atoms with Gasteiger partial charge in [0.1, 0.15) is 17.3 Å². The highest BCUT2D eigenvalue weighted by molar-refractivity contribution is 7.14. The van der Waals surface area contributed by atoms with E-state index in [1.165, 1.54) is 11.3 Å². The fourth-order valence-corrected chi connectivity index (χ4v) is 3.25. The van der Waals surface area contributed by atoms with Crippen molar-refractivity contribution in [2.45, 2.75) is 19.4 Å². The molecule has 2 aromatic heterocycles. The van der Waals surface area contributed by atoms with Gasteiger partial charge in [-0.05, 0) is 11.4 Å². The van der Waals surface area contributed by atoms with Gasteiger partial charge in [-0.3, -0.25) is 4.79 Å². The lowest BCUT2D eigenvalue weighted by Gasteiger charge is -2.10. The van der Waals surface area contributed by atoms with Crippen LogP contribution in [-0.4, -0.2) is 22.6 Å². The van der Waals surface area contributed by atoms with Crippen molar-refractivity contribution in [2.75, 3.05) is 0 Å². The van der Waals surface area contributed by atoms with Crippen molar-refractivity contribution in [3.63, 3.8) is 0 Å². The number of esters is 1. The van der Waals surface area contributed by atoms with Crippen LogP contribution in [0.5, 0.6) is 0 Å². The quantitative estimate of drug-likeness (QED) is 0.875. The molecule has 0 unspecified atom stereocenters. The Hall–Kier alpha value is -2.06. The summed E-state index contributed by atoms with van der Waals surface area (Å²) in [5, 5.41) is 10.5. The van der Waals surface area contributed by atoms with Gasteiger partial charge in [-0.15, -0.1) is 11.3 Å². The molecule has 8 heteroatoms. The number of thiophene rings is 1. The van der Waals surface area contributed by atoms with Gasteiger partial charge >= 0.3 is 5.97 Å². The monoisotopic (exact) mass is 321 g/mol. The average Bonchev–Trinajstić information content (AvgIpc) is 3.16. The second kappa shape index (κ2) is 6.15. The predicted octanol–water partition coefficient (Wildman–Crippen LogP) is 2.18. The molecular formula is C13H11N3O3S2. The zero-order chi connectivity index (χ0) is 14.7. The molecule has 2 aromatic rings. The summed E-state index contributed by atoms with van der Waals surface area (Å²) in [5.74, 6) is -0.702. The van der Waals surface area contributed by atoms with E-state index in [0.717, 1.165) is 10.6 Å². The molecular weight excluding hydrogens is 310 g/mol. The number of hydrogen-bond donors (Lipinski definition) is 1. The molecule has 6 nitrogen and oxygen atoms in total. The van der Waals surface area contributed by atoms with Crippen LogP contribution in [0.2, 0.25) is 0 Å². The minimum atomic E-state index is -0.514. The second-order valence-electron chi connectivity index (χ2n) is 4.33. The highest BCUT2D eigenvalue weighted by Gasteiger charge is 2.19. The number of rotatable bonds is 4. The molecule has 1 aliphatic heterocycles. The average molecular weight is 321 g/mol. The van der Waals surface area contributed by atoms with E-state index < -0.39 is 5.97 Å². The maximum Gasteiger partial charge on any atom is 0.354 e. The Kier molecular flexibility index (Phi) is 4.07. The number of carbonyl (C=O) groups is 2. The van der Waals surface area contributed by atoms with Crippen molar-refractivity contribution in [1.82, 2.24) is 10.4 Å². The van der Waals surface area contributed by atoms with Gasteiger partial charge in [0, 0.05) is 29.2 Å². The Morgan fingerprint density at radius 1 is 1.38 bits per heavy atom. The van der Waals surface area contributed by atoms with Crippen LogP contribution in [-0.2, 0) is 20.9 Å². The summed E-state index contributed by atoms with van der Waals surface area (Å²) >= 11 is 3.12. The predicted molar refractivity (Wildman–Crippen MR) is 80.0 cm³/mol. The van der Waals surface area contributed by atoms with Crippen molar-refractivity contribution < 1.29 is 14.3 Å². The fourth-order valence-electron chi connectivity index (χ4n) is 1.74. The van der Waals surface area contributed by atoms with Crippen molar-refractivity contribution in [3.05, 3.63) is 27.9 Å². The van der Waals surface area contributed by atoms with E-state index in [0.29, 0.717) is 12.1 Å². The van der Waals surface area contributed by atoms with Gasteiger partial charge in [0.25, 0.3) is 0 Å². The molecule has 0 saturated heterocycles. The van der Waals surface area contributed by atoms with Gasteiger partial charge < -0.3 is 4.74 Å². The number of carbonyl (C=O) groups excluding carboxylic acids is 2. The fraction of sp³-hybridized carbons (Fsp3) is 0.231. The largest absolute Gasteiger partial charge is 0.455 e. The lowest BCUT2D eigenvalue weighted by Crippen LogP contribution is -2.30. The van der Waals surface area contributed by atoms with Crippen molar-refractivity contribution in [3.8, 4) is 10.6 Å². The zero-order valence-electron chi connectivity index (χ0n) is 10.9. The number of hydrogen-bond acceptors (Lipinski definition) is 7. The van der Waals surface area contributed by atoms with E-state index in [1.807, 2.05) is 22.2 Å². The van der Waals surface area contributed by atoms with Crippen molar-refractivity contribution in [2.24, 2.45) is 5.10 Å². The lowest BCUT2D eigenvalue weighted by atomic mass is 10.2. The zero-order valence-corrected chi connectivity index (χ0v) is 12.5. The molecule has 0 radical (unpaired) electrons. The molecule has 0 saturated carbocycles. The summed E-state index contributed by atoms with van der Waals surface area (Å²) in [6, 6.07) is 2.00. The van der Waals surface area contributed by atoms with Gasteiger partial charge in [0.15, 0.2) is 0 Å². The molecule has 0 atom stereocenters. The third-order valence-corrected chi connectivity index (χ3v) is 4.43. The Labute approximate surface area is 128 Å². The molecule has 0 bridgehead atoms. The van der Waals surface area contributed by atoms with Crippen LogP contribution in [0.25, 0.3) is 10.6 Å². The number of ether oxygens (including phenoxy) is 1. The number of thiazole rings is 1. The Balaban J connectivity index is 1.58. The third kappa shape index (κ3) is 3.34. The van der Waals surface area contributed by atoms with E-state index in [2.05, 4.69) is 15.5 Å². The van der Waals surface area contributed by atoms with E-state index in [4.69, 9.17) is 4.74 Å². The van der Waals surface area contributed by atoms with Gasteiger partial charge in [0.2, 0.25) is 5.91 Å². The van der Waals surface area contributed by atoms with Crippen molar-refractivity contribution >= 4 is 40.3 Å². The highest BCUT2D eigenvalue weighted by Crippen LogP contribution is 2.25. The SMILES string of the molecule is O=C1CCC(C(=O)OCc2csc(-c3ccsc3)n2)=NN1. The molecule has 1 N–H and O–H groups in total. The maximum absolute atomic E-state index is 11.8. The number of nitrogens with zero attached hydrogens (tertiary/aromatic N) is 2. The second-order valence-corrected chi connectivity index (χ2v) is 5.96. The number of aromatic nitrogens is 1. The minimum Gasteiger partial charge on any atom is -0.455 e. The summed E-state index contributed by atoms with van der Waals surface area (Å²) in [6.07, 6.45) is 0.564. The summed E-state index contributed by atoms with van der Waals surface area (Å²) in [7, 11) is 0. The van der Waals surface area contributed by atoms with Crippen LogP contribution in [0.1, 0.15) is 18.5 Å². The van der Waals surface area contributed by atoms with Crippen LogP contribution in [0, 0.1) is 0 Å². The molecule has 108 valence electrons. The summed E-state index contributed by atoms with van der Waals surface area (Å²) < 4.78 is 5.16. The third-order valence-electron chi connectivity index (χ3n) is 2.81. The van der Waals surface area contributed by atoms with E-state index in [1.54, 1.807) is 11.3 Å². The Morgan fingerprint density at radius 2 is 2.29 bits per heavy atom. The van der Waals surface area contributed by atoms with E-state index in [-0.39, 0.29) is 24.6 Å². The minimum absolute atomic E-state index is 0.104. The first-order valence-corrected chi connectivity index (χ1v) is 8.04. The van der Waals surface area contributed by atoms with Gasteiger partial charge in [-0.1, -0.05) is 0 Å². The van der Waals surface area contributed by atoms with E-state index >= 15 is 0 Å². The summed E-state index contributed by atoms with van der Waals surface area (Å²) in [5.41, 5.74) is 4.28. The Bertz CT molecular complexity index is 691. The molecule has 1 aliphatic rings. The number of amides is 1. The number of nitrogens with one attached hydrogen (secondary N) is 1. The normalized spacial score (nSPS) is 14.5. The molecule has 21 heavy (non-hydrogen) atoms. The lowest BCUT2D eigenvalue weighted by molar-refractivity contribution is -0.137. The first kappa shape index (κ1) is 13.9. The molecule has 1 amide bonds. The van der Waals surface area contributed by atoms with Crippen LogP contribution in [0.4, 0.5) is 0 Å². The van der Waals surface area contributed by atoms with Gasteiger partial charge in [-0.2, -0.15) is 16.4 Å². The van der Waals surface area contributed by atoms with Crippen molar-refractivity contribution in [1.29, 1.82) is 0 Å². The highest BCUT2D eigenvalue weighted by atomic mass is 32.1.